The van der Waals surface area contributed by atoms with Gasteiger partial charge < -0.3 is 9.79 Å². The van der Waals surface area contributed by atoms with Gasteiger partial charge in [0.05, 0.1) is 0 Å². The molecule has 0 amide bonds. The van der Waals surface area contributed by atoms with E-state index < -0.39 is 13.8 Å². The summed E-state index contributed by atoms with van der Waals surface area (Å²) in [6.07, 6.45) is 1.25. The molecule has 11 heavy (non-hydrogen) atoms. The number of hydrogen-bond donors (Lipinski definition) is 2. The number of unbranched alkanes of at least 4 members (excludes halogenated alkanes) is 1. The second-order valence-electron chi connectivity index (χ2n) is 2.47. The molecule has 66 valence electrons. The van der Waals surface area contributed by atoms with Crippen LogP contribution in [0.1, 0.15) is 26.2 Å². The highest BCUT2D eigenvalue weighted by Crippen LogP contribution is 2.34. The molecule has 0 aromatic heterocycles. The lowest BCUT2D eigenvalue weighted by atomic mass is 10.2. The molecule has 0 aliphatic carbocycles. The molecule has 0 unspecified atom stereocenters. The number of Topliss-reactive ketones (excluding diaryl/α,β-unsaturated/α-hetero) is 1. The van der Waals surface area contributed by atoms with E-state index in [1.165, 1.54) is 0 Å². The third-order valence-electron chi connectivity index (χ3n) is 1.19. The Balaban J connectivity index is 3.62. The largest absolute Gasteiger partial charge is 0.332 e. The van der Waals surface area contributed by atoms with Crippen molar-refractivity contribution in [2.45, 2.75) is 26.2 Å². The standard InChI is InChI=1S/C6H13O4P/c1-2-3-4-6(7)5-11(8,9)10/h2-5H2,1H3,(H2,8,9,10). The van der Waals surface area contributed by atoms with Crippen molar-refractivity contribution in [1.82, 2.24) is 0 Å². The van der Waals surface area contributed by atoms with Crippen LogP contribution >= 0.6 is 7.60 Å². The van der Waals surface area contributed by atoms with Gasteiger partial charge in [0.2, 0.25) is 0 Å². The number of rotatable bonds is 5. The number of carbonyl (C=O) groups excluding carboxylic acids is 1. The molecule has 0 spiro atoms. The van der Waals surface area contributed by atoms with Crippen LogP contribution in [0.3, 0.4) is 0 Å². The van der Waals surface area contributed by atoms with Crippen molar-refractivity contribution in [3.8, 4) is 0 Å². The molecule has 0 aromatic rings. The maximum Gasteiger partial charge on any atom is 0.332 e. The molecule has 5 heteroatoms. The highest BCUT2D eigenvalue weighted by atomic mass is 31.2. The van der Waals surface area contributed by atoms with Gasteiger partial charge in [-0.15, -0.1) is 0 Å². The fourth-order valence-corrected chi connectivity index (χ4v) is 1.30. The van der Waals surface area contributed by atoms with Crippen LogP contribution < -0.4 is 0 Å². The smallest absolute Gasteiger partial charge is 0.324 e. The quantitative estimate of drug-likeness (QED) is 0.617. The third kappa shape index (κ3) is 7.72. The maximum absolute atomic E-state index is 10.7. The highest BCUT2D eigenvalue weighted by molar-refractivity contribution is 7.52. The van der Waals surface area contributed by atoms with Gasteiger partial charge >= 0.3 is 7.60 Å². The van der Waals surface area contributed by atoms with Crippen molar-refractivity contribution >= 4 is 13.4 Å². The Morgan fingerprint density at radius 1 is 1.45 bits per heavy atom. The van der Waals surface area contributed by atoms with E-state index in [4.69, 9.17) is 9.79 Å². The molecule has 0 bridgehead atoms. The molecule has 4 nitrogen and oxygen atoms in total. The summed E-state index contributed by atoms with van der Waals surface area (Å²) in [4.78, 5) is 27.5. The molecule has 0 radical (unpaired) electrons. The normalized spacial score (nSPS) is 11.5. The number of carbonyl (C=O) groups is 1. The molecule has 0 heterocycles. The fraction of sp³-hybridized carbons (Fsp3) is 0.833. The van der Waals surface area contributed by atoms with E-state index in [1.54, 1.807) is 0 Å². The van der Waals surface area contributed by atoms with Gasteiger partial charge in [-0.25, -0.2) is 0 Å². The lowest BCUT2D eigenvalue weighted by molar-refractivity contribution is -0.116. The van der Waals surface area contributed by atoms with Crippen LogP contribution in [-0.4, -0.2) is 21.7 Å². The van der Waals surface area contributed by atoms with Gasteiger partial charge in [0.15, 0.2) is 0 Å². The lowest BCUT2D eigenvalue weighted by Crippen LogP contribution is -2.04. The van der Waals surface area contributed by atoms with Crippen molar-refractivity contribution < 1.29 is 19.1 Å². The number of ketones is 1. The fourth-order valence-electron chi connectivity index (χ4n) is 0.683. The zero-order valence-corrected chi connectivity index (χ0v) is 7.38. The van der Waals surface area contributed by atoms with Crippen molar-refractivity contribution in [2.75, 3.05) is 6.16 Å². The molecule has 0 aliphatic rings. The van der Waals surface area contributed by atoms with E-state index in [1.807, 2.05) is 6.92 Å². The average molecular weight is 180 g/mol. The van der Waals surface area contributed by atoms with Gasteiger partial charge in [-0.3, -0.25) is 9.36 Å². The Kier molecular flexibility index (Phi) is 4.57. The Morgan fingerprint density at radius 2 is 2.00 bits per heavy atom. The molecule has 0 rings (SSSR count). The summed E-state index contributed by atoms with van der Waals surface area (Å²) < 4.78 is 10.3. The molecule has 0 aliphatic heterocycles. The predicted molar refractivity (Wildman–Crippen MR) is 41.4 cm³/mol. The minimum atomic E-state index is -4.11. The van der Waals surface area contributed by atoms with Gasteiger partial charge in [-0.1, -0.05) is 13.3 Å². The predicted octanol–water partition coefficient (Wildman–Crippen LogP) is 0.923. The van der Waals surface area contributed by atoms with E-state index in [0.717, 1.165) is 6.42 Å². The van der Waals surface area contributed by atoms with E-state index in [-0.39, 0.29) is 12.2 Å². The molecule has 0 fully saturated rings. The van der Waals surface area contributed by atoms with E-state index >= 15 is 0 Å². The highest BCUT2D eigenvalue weighted by Gasteiger charge is 2.17. The first-order valence-corrected chi connectivity index (χ1v) is 5.31. The molecule has 0 aromatic carbocycles. The minimum absolute atomic E-state index is 0.279. The van der Waals surface area contributed by atoms with Crippen LogP contribution in [0.4, 0.5) is 0 Å². The van der Waals surface area contributed by atoms with Crippen molar-refractivity contribution in [3.05, 3.63) is 0 Å². The van der Waals surface area contributed by atoms with Crippen LogP contribution in [0.25, 0.3) is 0 Å². The zero-order valence-electron chi connectivity index (χ0n) is 6.49. The minimum Gasteiger partial charge on any atom is -0.324 e. The van der Waals surface area contributed by atoms with Crippen LogP contribution in [0.2, 0.25) is 0 Å². The summed E-state index contributed by atoms with van der Waals surface area (Å²) >= 11 is 0. The van der Waals surface area contributed by atoms with Crippen LogP contribution in [0, 0.1) is 0 Å². The molecular formula is C6H13O4P. The second kappa shape index (κ2) is 4.65. The molecule has 0 saturated heterocycles. The van der Waals surface area contributed by atoms with Crippen molar-refractivity contribution in [2.24, 2.45) is 0 Å². The van der Waals surface area contributed by atoms with Crippen LogP contribution in [-0.2, 0) is 9.36 Å². The Bertz CT molecular complexity index is 171. The zero-order chi connectivity index (χ0) is 8.91. The topological polar surface area (TPSA) is 74.6 Å². The first kappa shape index (κ1) is 10.8. The monoisotopic (exact) mass is 180 g/mol. The van der Waals surface area contributed by atoms with E-state index in [0.29, 0.717) is 6.42 Å². The van der Waals surface area contributed by atoms with Crippen LogP contribution in [0.5, 0.6) is 0 Å². The first-order valence-electron chi connectivity index (χ1n) is 3.52. The lowest BCUT2D eigenvalue weighted by Gasteiger charge is -2.01. The summed E-state index contributed by atoms with van der Waals surface area (Å²) in [6.45, 7) is 1.92. The van der Waals surface area contributed by atoms with Crippen molar-refractivity contribution in [3.63, 3.8) is 0 Å². The van der Waals surface area contributed by atoms with Gasteiger partial charge in [0.1, 0.15) is 11.9 Å². The van der Waals surface area contributed by atoms with Gasteiger partial charge in [0.25, 0.3) is 0 Å². The Morgan fingerprint density at radius 3 is 2.36 bits per heavy atom. The average Bonchev–Trinajstić information content (AvgIpc) is 1.79. The van der Waals surface area contributed by atoms with Gasteiger partial charge in [-0.05, 0) is 6.42 Å². The molecule has 0 saturated carbocycles. The van der Waals surface area contributed by atoms with Crippen LogP contribution in [0.15, 0.2) is 0 Å². The Labute approximate surface area is 65.8 Å². The summed E-state index contributed by atoms with van der Waals surface area (Å²) in [5.41, 5.74) is 0. The second-order valence-corrected chi connectivity index (χ2v) is 4.11. The summed E-state index contributed by atoms with van der Waals surface area (Å²) in [5, 5.41) is 0. The van der Waals surface area contributed by atoms with E-state index in [9.17, 15) is 9.36 Å². The summed E-state index contributed by atoms with van der Waals surface area (Å²) in [6, 6.07) is 0. The van der Waals surface area contributed by atoms with Gasteiger partial charge in [0, 0.05) is 6.42 Å². The maximum atomic E-state index is 10.7. The molecular weight excluding hydrogens is 167 g/mol. The van der Waals surface area contributed by atoms with Crippen molar-refractivity contribution in [1.29, 1.82) is 0 Å². The summed E-state index contributed by atoms with van der Waals surface area (Å²) in [7, 11) is -4.11. The van der Waals surface area contributed by atoms with E-state index in [2.05, 4.69) is 0 Å². The van der Waals surface area contributed by atoms with Gasteiger partial charge in [-0.2, -0.15) is 0 Å². The first-order chi connectivity index (χ1) is 4.95. The Hall–Kier alpha value is -0.180. The molecule has 0 atom stereocenters. The SMILES string of the molecule is CCCCC(=O)CP(=O)(O)O. The number of hydrogen-bond acceptors (Lipinski definition) is 2. The molecule has 2 N–H and O–H groups in total. The third-order valence-corrected chi connectivity index (χ3v) is 1.96. The summed E-state index contributed by atoms with van der Waals surface area (Å²) in [5.74, 6) is -0.347.